The van der Waals surface area contributed by atoms with Gasteiger partial charge in [0.2, 0.25) is 0 Å². The fourth-order valence-electron chi connectivity index (χ4n) is 23.8. The van der Waals surface area contributed by atoms with Gasteiger partial charge in [0.05, 0.1) is 30.5 Å². The van der Waals surface area contributed by atoms with Gasteiger partial charge in [0.1, 0.15) is 40.2 Å². The van der Waals surface area contributed by atoms with Crippen molar-refractivity contribution in [1.29, 1.82) is 0 Å². The fourth-order valence-corrected chi connectivity index (χ4v) is 23.8. The summed E-state index contributed by atoms with van der Waals surface area (Å²) in [6, 6.07) is 17.6. The molecule has 4 N–H and O–H groups in total. The van der Waals surface area contributed by atoms with E-state index in [9.17, 15) is 15.0 Å². The van der Waals surface area contributed by atoms with Crippen LogP contribution in [0.4, 0.5) is 4.79 Å². The quantitative estimate of drug-likeness (QED) is 0.173. The van der Waals surface area contributed by atoms with Crippen LogP contribution < -0.4 is 10.6 Å². The Morgan fingerprint density at radius 3 is 1.70 bits per heavy atom. The second kappa shape index (κ2) is 19.9. The van der Waals surface area contributed by atoms with Gasteiger partial charge in [-0.05, 0) is 217 Å². The number of benzene rings is 2. The number of rotatable bonds is 4. The normalized spacial score (nSPS) is 50.7. The molecule has 11 heteroatoms. The smallest absolute Gasteiger partial charge is 0.410 e. The molecule has 2 aromatic rings. The average molecular weight is 1150 g/mol. The molecule has 17 rings (SSSR count). The third-order valence-electron chi connectivity index (χ3n) is 28.1. The number of hydrogen-bond donors (Lipinski definition) is 4. The second-order valence-electron chi connectivity index (χ2n) is 31.5. The largest absolute Gasteiger partial charge is 0.448 e. The summed E-state index contributed by atoms with van der Waals surface area (Å²) in [5.41, 5.74) is 7.33. The SMILES string of the molecule is CCNCC.C[C@@H]1CN[C@H]2[C@@H](C)[C@@]3(CC[C@H]4[C@@H]5CC=C6C[C@@H](O)CC[C@]6(C)[C@H]5CC45OC53C)O[C@@H]2C1.C[C@H]1C[C@H]2O[C@]3(CC[C@H]4[C@@H]5CC=C6C[C@@H](O)CC[C@]6(C)[C@H]5CC45OC53C)[C@H](C)[C@@H]2N(C(=O)OCC2c3ccccc3-c3ccccc32)C1. The van der Waals surface area contributed by atoms with Gasteiger partial charge in [-0.15, -0.1) is 0 Å². The number of carbonyl (C=O) groups excluding carboxylic acids is 1. The average Bonchev–Trinajstić information content (AvgIpc) is 1.47. The first-order valence-corrected chi connectivity index (χ1v) is 34.3. The van der Waals surface area contributed by atoms with Gasteiger partial charge in [0.25, 0.3) is 0 Å². The fraction of sp³-hybridized carbons (Fsp3) is 0.767. The van der Waals surface area contributed by atoms with Gasteiger partial charge >= 0.3 is 6.09 Å². The zero-order valence-electron chi connectivity index (χ0n) is 52.7. The summed E-state index contributed by atoms with van der Waals surface area (Å²) >= 11 is 0. The molecule has 1 amide bonds. The first-order chi connectivity index (χ1) is 40.3. The van der Waals surface area contributed by atoms with Crippen molar-refractivity contribution < 1.29 is 38.7 Å². The van der Waals surface area contributed by atoms with Gasteiger partial charge < -0.3 is 49.4 Å². The van der Waals surface area contributed by atoms with E-state index >= 15 is 0 Å². The summed E-state index contributed by atoms with van der Waals surface area (Å²) in [5, 5.41) is 27.8. The first-order valence-electron chi connectivity index (χ1n) is 34.3. The summed E-state index contributed by atoms with van der Waals surface area (Å²) in [6.07, 6.45) is 22.0. The van der Waals surface area contributed by atoms with Crippen LogP contribution in [0.3, 0.4) is 0 Å². The molecule has 4 spiro atoms. The molecular formula is C73H103N3O8. The van der Waals surface area contributed by atoms with Crippen LogP contribution in [0.5, 0.6) is 0 Å². The number of hydrogen-bond acceptors (Lipinski definition) is 10. The lowest BCUT2D eigenvalue weighted by atomic mass is 9.56. The van der Waals surface area contributed by atoms with E-state index in [-0.39, 0.29) is 81.1 Å². The molecule has 12 fully saturated rings. The van der Waals surface area contributed by atoms with E-state index in [0.29, 0.717) is 72.6 Å². The van der Waals surface area contributed by atoms with E-state index in [1.165, 1.54) is 53.5 Å². The van der Waals surface area contributed by atoms with Gasteiger partial charge in [0, 0.05) is 30.3 Å². The Hall–Kier alpha value is -3.13. The zero-order chi connectivity index (χ0) is 58.3. The zero-order valence-corrected chi connectivity index (χ0v) is 52.7. The van der Waals surface area contributed by atoms with Crippen LogP contribution in [0.1, 0.15) is 189 Å². The number of amides is 1. The molecule has 11 nitrogen and oxygen atoms in total. The van der Waals surface area contributed by atoms with E-state index in [0.717, 1.165) is 103 Å². The number of piperidine rings is 2. The van der Waals surface area contributed by atoms with E-state index in [1.807, 2.05) is 0 Å². The number of aliphatic hydroxyl groups excluding tert-OH is 2. The molecule has 0 radical (unpaired) electrons. The number of epoxide rings is 2. The molecule has 4 unspecified atom stereocenters. The molecule has 6 aliphatic heterocycles. The van der Waals surface area contributed by atoms with Crippen molar-refractivity contribution in [3.63, 3.8) is 0 Å². The van der Waals surface area contributed by atoms with Crippen molar-refractivity contribution in [3.05, 3.63) is 83.0 Å². The summed E-state index contributed by atoms with van der Waals surface area (Å²) in [4.78, 5) is 16.2. The number of nitrogens with zero attached hydrogens (tertiary/aromatic N) is 1. The summed E-state index contributed by atoms with van der Waals surface area (Å²) in [6.45, 7) is 27.7. The number of likely N-dealkylation sites (tertiary alicyclic amines) is 1. The third-order valence-corrected chi connectivity index (χ3v) is 28.1. The van der Waals surface area contributed by atoms with Crippen molar-refractivity contribution in [2.75, 3.05) is 32.8 Å². The highest BCUT2D eigenvalue weighted by Gasteiger charge is 2.89. The Bertz CT molecular complexity index is 2940. The van der Waals surface area contributed by atoms with Crippen LogP contribution in [0.15, 0.2) is 71.8 Å². The summed E-state index contributed by atoms with van der Waals surface area (Å²) in [5.74, 6) is 5.67. The van der Waals surface area contributed by atoms with Gasteiger partial charge in [0.15, 0.2) is 0 Å². The monoisotopic (exact) mass is 1150 g/mol. The summed E-state index contributed by atoms with van der Waals surface area (Å²) < 4.78 is 35.0. The highest BCUT2D eigenvalue weighted by atomic mass is 16.7. The molecule has 9 aliphatic carbocycles. The molecule has 0 aromatic heterocycles. The number of allylic oxidation sites excluding steroid dienone is 2. The lowest BCUT2D eigenvalue weighted by Crippen LogP contribution is -2.59. The van der Waals surface area contributed by atoms with E-state index < -0.39 is 5.60 Å². The van der Waals surface area contributed by atoms with Crippen molar-refractivity contribution in [2.24, 2.45) is 70.0 Å². The Morgan fingerprint density at radius 1 is 0.655 bits per heavy atom. The molecule has 2 aromatic carbocycles. The van der Waals surface area contributed by atoms with E-state index in [4.69, 9.17) is 23.7 Å². The van der Waals surface area contributed by atoms with Crippen LogP contribution in [-0.2, 0) is 23.7 Å². The predicted molar refractivity (Wildman–Crippen MR) is 327 cm³/mol. The minimum Gasteiger partial charge on any atom is -0.448 e. The lowest BCUT2D eigenvalue weighted by Gasteiger charge is -2.49. The maximum atomic E-state index is 14.2. The van der Waals surface area contributed by atoms with Crippen molar-refractivity contribution in [1.82, 2.24) is 15.5 Å². The number of ether oxygens (including phenoxy) is 5. The van der Waals surface area contributed by atoms with Crippen LogP contribution in [0, 0.1) is 70.0 Å². The molecule has 0 bridgehead atoms. The minimum absolute atomic E-state index is 0.00634. The molecule has 24 atom stereocenters. The highest BCUT2D eigenvalue weighted by Crippen LogP contribution is 2.80. The molecular weight excluding hydrogens is 1050 g/mol. The molecule has 15 aliphatic rings. The number of nitrogens with one attached hydrogen (secondary N) is 2. The lowest BCUT2D eigenvalue weighted by molar-refractivity contribution is -0.124. The Kier molecular flexibility index (Phi) is 13.6. The minimum atomic E-state index is -0.405. The molecule has 84 heavy (non-hydrogen) atoms. The first kappa shape index (κ1) is 57.3. The number of aliphatic hydroxyl groups is 2. The topological polar surface area (TPSA) is 138 Å². The van der Waals surface area contributed by atoms with E-state index in [2.05, 4.69) is 145 Å². The number of carbonyl (C=O) groups is 1. The van der Waals surface area contributed by atoms with E-state index in [1.54, 1.807) is 5.57 Å². The Balaban J connectivity index is 0.000000143. The van der Waals surface area contributed by atoms with Gasteiger partial charge in [-0.25, -0.2) is 4.79 Å². The molecule has 6 saturated heterocycles. The Labute approximate surface area is 502 Å². The summed E-state index contributed by atoms with van der Waals surface area (Å²) in [7, 11) is 0. The van der Waals surface area contributed by atoms with Crippen LogP contribution in [-0.4, -0.2) is 124 Å². The Morgan fingerprint density at radius 2 is 1.17 bits per heavy atom. The van der Waals surface area contributed by atoms with Gasteiger partial charge in [-0.1, -0.05) is 127 Å². The molecule has 6 heterocycles. The van der Waals surface area contributed by atoms with Gasteiger partial charge in [-0.2, -0.15) is 0 Å². The van der Waals surface area contributed by atoms with Crippen molar-refractivity contribution in [3.8, 4) is 11.1 Å². The maximum Gasteiger partial charge on any atom is 0.410 e. The third kappa shape index (κ3) is 7.72. The molecule has 6 saturated carbocycles. The standard InChI is InChI=1S/C42H51NO5.C27H41NO3.C4H11N/c1-24-19-36-37(43(22-24)38(45)46-23-33-30-11-7-5-9-28(30)29-10-6-8-12-31(29)33)25(2)41(47-36)18-16-34-32-14-13-26-20-27(44)15-17-39(26,3)35(32)21-42(34)40(41,4)48-42;1-15-11-22-23(28-14-15)16(2)26(30-22)10-8-20-19-6-5-17-12-18(29)7-9-24(17,3)21(19)13-27(20)25(26,4)31-27;1-3-5-4-2/h5-13,24-25,27,32-37,44H,14-23H2,1-4H3;5,15-16,18-23,28-29H,6-14H2,1-4H3;5H,3-4H2,1-2H3/t24-,25+,27-,32-,34-,35-,36+,37-,39-,40?,41+,42?;15-,16+,18-,19-,20-,21-,22+,23-,24-,25?,26+,27?;/m00./s1. The maximum absolute atomic E-state index is 14.2. The highest BCUT2D eigenvalue weighted by molar-refractivity contribution is 5.79. The van der Waals surface area contributed by atoms with Crippen LogP contribution in [0.2, 0.25) is 0 Å². The van der Waals surface area contributed by atoms with Crippen molar-refractivity contribution in [2.45, 2.75) is 248 Å². The van der Waals surface area contributed by atoms with Crippen LogP contribution >= 0.6 is 0 Å². The van der Waals surface area contributed by atoms with Crippen LogP contribution in [0.25, 0.3) is 11.1 Å². The molecule has 458 valence electrons. The number of fused-ring (bicyclic) bond motifs is 15. The van der Waals surface area contributed by atoms with Crippen molar-refractivity contribution >= 4 is 6.09 Å². The second-order valence-corrected chi connectivity index (χ2v) is 31.5. The van der Waals surface area contributed by atoms with Gasteiger partial charge in [-0.3, -0.25) is 0 Å². The predicted octanol–water partition coefficient (Wildman–Crippen LogP) is 12.7.